The Labute approximate surface area is 137 Å². The minimum Gasteiger partial charge on any atom is -0.304 e. The first-order valence-corrected chi connectivity index (χ1v) is 6.44. The minimum absolute atomic E-state index is 0. The molecule has 0 amide bonds. The maximum atomic E-state index is 13.8. The van der Waals surface area contributed by atoms with Crippen LogP contribution in [0.1, 0.15) is 5.56 Å². The number of hydrogen-bond donors (Lipinski definition) is 0. The van der Waals surface area contributed by atoms with Crippen LogP contribution < -0.4 is 0 Å². The van der Waals surface area contributed by atoms with E-state index < -0.39 is 0 Å². The molecule has 107 valence electrons. The molecule has 0 unspecified atom stereocenters. The number of aryl methyl sites for hydroxylation is 1. The van der Waals surface area contributed by atoms with Crippen LogP contribution in [0.3, 0.4) is 0 Å². The standard InChI is InChI=1S/C18H13FN.Ir/c1-13-9-10-18(20-12-13)15-6-4-5-14(11-15)16-7-2-3-8-17(16)19;/h2-5,7-12H,1H3;/q-1;. The van der Waals surface area contributed by atoms with Crippen LogP contribution in [0.2, 0.25) is 0 Å². The van der Waals surface area contributed by atoms with Crippen molar-refractivity contribution in [3.8, 4) is 22.4 Å². The van der Waals surface area contributed by atoms with Crippen LogP contribution >= 0.6 is 0 Å². The number of rotatable bonds is 2. The fourth-order valence-electron chi connectivity index (χ4n) is 2.10. The van der Waals surface area contributed by atoms with Crippen molar-refractivity contribution in [2.45, 2.75) is 6.92 Å². The van der Waals surface area contributed by atoms with E-state index in [1.807, 2.05) is 43.5 Å². The van der Waals surface area contributed by atoms with E-state index in [9.17, 15) is 4.39 Å². The van der Waals surface area contributed by atoms with Crippen molar-refractivity contribution in [1.82, 2.24) is 4.98 Å². The van der Waals surface area contributed by atoms with E-state index in [2.05, 4.69) is 11.1 Å². The van der Waals surface area contributed by atoms with Crippen LogP contribution in [-0.4, -0.2) is 4.98 Å². The van der Waals surface area contributed by atoms with E-state index in [0.717, 1.165) is 22.4 Å². The molecule has 0 spiro atoms. The van der Waals surface area contributed by atoms with Crippen molar-refractivity contribution in [1.29, 1.82) is 0 Å². The Morgan fingerprint density at radius 2 is 1.86 bits per heavy atom. The third-order valence-electron chi connectivity index (χ3n) is 3.17. The average molecular weight is 455 g/mol. The van der Waals surface area contributed by atoms with Crippen LogP contribution in [0, 0.1) is 18.8 Å². The van der Waals surface area contributed by atoms with E-state index in [1.54, 1.807) is 18.2 Å². The predicted molar refractivity (Wildman–Crippen MR) is 78.6 cm³/mol. The quantitative estimate of drug-likeness (QED) is 0.514. The summed E-state index contributed by atoms with van der Waals surface area (Å²) < 4.78 is 13.8. The summed E-state index contributed by atoms with van der Waals surface area (Å²) in [6, 6.07) is 19.4. The number of hydrogen-bond acceptors (Lipinski definition) is 1. The molecule has 0 atom stereocenters. The Kier molecular flexibility index (Phi) is 5.00. The van der Waals surface area contributed by atoms with Crippen LogP contribution in [0.15, 0.2) is 60.8 Å². The second kappa shape index (κ2) is 6.75. The van der Waals surface area contributed by atoms with Crippen LogP contribution in [0.4, 0.5) is 4.39 Å². The van der Waals surface area contributed by atoms with Gasteiger partial charge in [-0.3, -0.25) is 0 Å². The predicted octanol–water partition coefficient (Wildman–Crippen LogP) is 4.66. The summed E-state index contributed by atoms with van der Waals surface area (Å²) in [5.74, 6) is -0.221. The molecule has 1 aromatic heterocycles. The molecule has 0 fully saturated rings. The van der Waals surface area contributed by atoms with Crippen molar-refractivity contribution in [3.63, 3.8) is 0 Å². The van der Waals surface area contributed by atoms with E-state index in [0.29, 0.717) is 5.56 Å². The molecule has 3 aromatic rings. The minimum atomic E-state index is -0.221. The SMILES string of the molecule is Cc1ccc(-c2[c-]ccc(-c3ccccc3F)c2)nc1.[Ir]. The summed E-state index contributed by atoms with van der Waals surface area (Å²) in [6.07, 6.45) is 1.82. The molecule has 1 nitrogen and oxygen atoms in total. The molecule has 0 N–H and O–H groups in total. The van der Waals surface area contributed by atoms with Crippen molar-refractivity contribution < 1.29 is 24.5 Å². The Morgan fingerprint density at radius 1 is 1.05 bits per heavy atom. The molecule has 0 aliphatic carbocycles. The summed E-state index contributed by atoms with van der Waals surface area (Å²) in [5.41, 5.74) is 4.24. The number of pyridine rings is 1. The van der Waals surface area contributed by atoms with E-state index in [1.165, 1.54) is 6.07 Å². The Hall–Kier alpha value is -1.83. The summed E-state index contributed by atoms with van der Waals surface area (Å²) in [7, 11) is 0. The van der Waals surface area contributed by atoms with Gasteiger partial charge in [-0.05, 0) is 29.8 Å². The molecule has 0 bridgehead atoms. The Bertz CT molecular complexity index is 738. The van der Waals surface area contributed by atoms with Gasteiger partial charge < -0.3 is 4.98 Å². The largest absolute Gasteiger partial charge is 0.304 e. The molecule has 0 saturated carbocycles. The molecule has 1 heterocycles. The maximum Gasteiger partial charge on any atom is 0.129 e. The van der Waals surface area contributed by atoms with E-state index >= 15 is 0 Å². The first-order chi connectivity index (χ1) is 9.74. The average Bonchev–Trinajstić information content (AvgIpc) is 2.49. The summed E-state index contributed by atoms with van der Waals surface area (Å²) in [6.45, 7) is 2.00. The molecule has 0 saturated heterocycles. The fourth-order valence-corrected chi connectivity index (χ4v) is 2.10. The van der Waals surface area contributed by atoms with Gasteiger partial charge in [0.25, 0.3) is 0 Å². The Morgan fingerprint density at radius 3 is 2.57 bits per heavy atom. The van der Waals surface area contributed by atoms with Crippen molar-refractivity contribution in [2.24, 2.45) is 0 Å². The molecule has 3 heteroatoms. The molecular formula is C18H13FIrN-. The van der Waals surface area contributed by atoms with Gasteiger partial charge in [0.2, 0.25) is 0 Å². The van der Waals surface area contributed by atoms with Gasteiger partial charge >= 0.3 is 0 Å². The zero-order chi connectivity index (χ0) is 13.9. The monoisotopic (exact) mass is 455 g/mol. The van der Waals surface area contributed by atoms with Crippen LogP contribution in [0.5, 0.6) is 0 Å². The molecule has 21 heavy (non-hydrogen) atoms. The zero-order valence-electron chi connectivity index (χ0n) is 11.4. The summed E-state index contributed by atoms with van der Waals surface area (Å²) in [5, 5.41) is 0. The molecule has 0 aliphatic heterocycles. The molecule has 0 aliphatic rings. The van der Waals surface area contributed by atoms with Gasteiger partial charge in [0.05, 0.1) is 0 Å². The van der Waals surface area contributed by atoms with Crippen molar-refractivity contribution >= 4 is 0 Å². The van der Waals surface area contributed by atoms with Crippen LogP contribution in [-0.2, 0) is 20.1 Å². The molecular weight excluding hydrogens is 441 g/mol. The van der Waals surface area contributed by atoms with Crippen LogP contribution in [0.25, 0.3) is 22.4 Å². The smallest absolute Gasteiger partial charge is 0.129 e. The molecule has 1 radical (unpaired) electrons. The van der Waals surface area contributed by atoms with Gasteiger partial charge in [0.1, 0.15) is 5.82 Å². The van der Waals surface area contributed by atoms with Gasteiger partial charge in [-0.15, -0.1) is 29.8 Å². The first kappa shape index (κ1) is 15.6. The second-order valence-corrected chi connectivity index (χ2v) is 4.69. The van der Waals surface area contributed by atoms with Gasteiger partial charge in [0, 0.05) is 26.3 Å². The van der Waals surface area contributed by atoms with Gasteiger partial charge in [0.15, 0.2) is 0 Å². The maximum absolute atomic E-state index is 13.8. The van der Waals surface area contributed by atoms with Gasteiger partial charge in [-0.1, -0.05) is 35.9 Å². The third-order valence-corrected chi connectivity index (χ3v) is 3.17. The topological polar surface area (TPSA) is 12.9 Å². The molecule has 2 aromatic carbocycles. The second-order valence-electron chi connectivity index (χ2n) is 4.69. The number of aromatic nitrogens is 1. The van der Waals surface area contributed by atoms with Crippen molar-refractivity contribution in [2.75, 3.05) is 0 Å². The number of benzene rings is 2. The number of nitrogens with zero attached hydrogens (tertiary/aromatic N) is 1. The van der Waals surface area contributed by atoms with E-state index in [4.69, 9.17) is 0 Å². The van der Waals surface area contributed by atoms with E-state index in [-0.39, 0.29) is 25.9 Å². The first-order valence-electron chi connectivity index (χ1n) is 6.44. The Balaban J connectivity index is 0.00000161. The summed E-state index contributed by atoms with van der Waals surface area (Å²) >= 11 is 0. The third kappa shape index (κ3) is 3.44. The molecule has 3 rings (SSSR count). The number of halogens is 1. The zero-order valence-corrected chi connectivity index (χ0v) is 13.8. The fraction of sp³-hybridized carbons (Fsp3) is 0.0556. The van der Waals surface area contributed by atoms with Gasteiger partial charge in [-0.2, -0.15) is 0 Å². The normalized spacial score (nSPS) is 10.0. The summed E-state index contributed by atoms with van der Waals surface area (Å²) in [4.78, 5) is 4.38. The van der Waals surface area contributed by atoms with Gasteiger partial charge in [-0.25, -0.2) is 4.39 Å². The van der Waals surface area contributed by atoms with Crippen molar-refractivity contribution in [3.05, 3.63) is 78.2 Å².